The number of hydrogen-bond acceptors (Lipinski definition) is 4. The van der Waals surface area contributed by atoms with Crippen LogP contribution < -0.4 is 15.8 Å². The quantitative estimate of drug-likeness (QED) is 0.777. The van der Waals surface area contributed by atoms with Crippen LogP contribution in [-0.4, -0.2) is 37.0 Å². The molecule has 0 radical (unpaired) electrons. The Morgan fingerprint density at radius 2 is 2.44 bits per heavy atom. The van der Waals surface area contributed by atoms with E-state index in [9.17, 15) is 4.79 Å². The SMILES string of the molecule is CN(C)c1cnn(CC2CCNC2)c(=O)c1. The fourth-order valence-corrected chi connectivity index (χ4v) is 1.92. The summed E-state index contributed by atoms with van der Waals surface area (Å²) in [5.41, 5.74) is 0.837. The summed E-state index contributed by atoms with van der Waals surface area (Å²) in [6.45, 7) is 2.76. The second-order valence-corrected chi connectivity index (χ2v) is 4.49. The van der Waals surface area contributed by atoms with E-state index in [1.54, 1.807) is 16.9 Å². The first-order valence-electron chi connectivity index (χ1n) is 5.62. The molecule has 1 N–H and O–H groups in total. The van der Waals surface area contributed by atoms with Crippen molar-refractivity contribution in [3.8, 4) is 0 Å². The van der Waals surface area contributed by atoms with E-state index in [4.69, 9.17) is 0 Å². The Hall–Kier alpha value is -1.36. The first-order valence-corrected chi connectivity index (χ1v) is 5.62. The molecule has 1 aromatic rings. The Kier molecular flexibility index (Phi) is 3.24. The predicted molar refractivity (Wildman–Crippen MR) is 63.8 cm³/mol. The third kappa shape index (κ3) is 2.41. The lowest BCUT2D eigenvalue weighted by Crippen LogP contribution is -2.27. The first-order chi connectivity index (χ1) is 7.66. The van der Waals surface area contributed by atoms with Gasteiger partial charge in [0.05, 0.1) is 11.9 Å². The van der Waals surface area contributed by atoms with Crippen LogP contribution in [0, 0.1) is 5.92 Å². The molecule has 1 saturated heterocycles. The topological polar surface area (TPSA) is 50.2 Å². The summed E-state index contributed by atoms with van der Waals surface area (Å²) in [6, 6.07) is 1.63. The van der Waals surface area contributed by atoms with Gasteiger partial charge in [-0.2, -0.15) is 5.10 Å². The van der Waals surface area contributed by atoms with Crippen LogP contribution in [0.5, 0.6) is 0 Å². The molecule has 0 saturated carbocycles. The normalized spacial score (nSPS) is 20.0. The largest absolute Gasteiger partial charge is 0.376 e. The van der Waals surface area contributed by atoms with Crippen LogP contribution >= 0.6 is 0 Å². The van der Waals surface area contributed by atoms with Crippen molar-refractivity contribution in [2.45, 2.75) is 13.0 Å². The molecule has 88 valence electrons. The molecule has 5 heteroatoms. The maximum Gasteiger partial charge on any atom is 0.268 e. The maximum absolute atomic E-state index is 11.8. The van der Waals surface area contributed by atoms with Gasteiger partial charge in [0, 0.05) is 26.7 Å². The van der Waals surface area contributed by atoms with Crippen LogP contribution in [-0.2, 0) is 6.54 Å². The van der Waals surface area contributed by atoms with Gasteiger partial charge in [-0.05, 0) is 25.4 Å². The monoisotopic (exact) mass is 222 g/mol. The van der Waals surface area contributed by atoms with Crippen molar-refractivity contribution in [2.75, 3.05) is 32.1 Å². The fourth-order valence-electron chi connectivity index (χ4n) is 1.92. The van der Waals surface area contributed by atoms with Crippen LogP contribution in [0.2, 0.25) is 0 Å². The van der Waals surface area contributed by atoms with Gasteiger partial charge in [-0.25, -0.2) is 4.68 Å². The van der Waals surface area contributed by atoms with Gasteiger partial charge in [-0.1, -0.05) is 0 Å². The smallest absolute Gasteiger partial charge is 0.268 e. The Morgan fingerprint density at radius 3 is 3.00 bits per heavy atom. The third-order valence-corrected chi connectivity index (χ3v) is 2.97. The number of nitrogens with zero attached hydrogens (tertiary/aromatic N) is 3. The Labute approximate surface area is 95.1 Å². The van der Waals surface area contributed by atoms with Crippen molar-refractivity contribution < 1.29 is 0 Å². The van der Waals surface area contributed by atoms with Crippen molar-refractivity contribution in [2.24, 2.45) is 5.92 Å². The second kappa shape index (κ2) is 4.65. The zero-order valence-corrected chi connectivity index (χ0v) is 9.81. The number of aromatic nitrogens is 2. The molecular formula is C11H18N4O. The highest BCUT2D eigenvalue weighted by molar-refractivity contribution is 5.40. The van der Waals surface area contributed by atoms with Gasteiger partial charge >= 0.3 is 0 Å². The minimum Gasteiger partial charge on any atom is -0.376 e. The zero-order chi connectivity index (χ0) is 11.5. The fraction of sp³-hybridized carbons (Fsp3) is 0.636. The average molecular weight is 222 g/mol. The van der Waals surface area contributed by atoms with E-state index >= 15 is 0 Å². The van der Waals surface area contributed by atoms with Gasteiger partial charge in [0.2, 0.25) is 0 Å². The Morgan fingerprint density at radius 1 is 1.62 bits per heavy atom. The highest BCUT2D eigenvalue weighted by Crippen LogP contribution is 2.09. The molecule has 0 amide bonds. The minimum atomic E-state index is -0.0156. The molecule has 2 heterocycles. The molecule has 1 aliphatic heterocycles. The number of hydrogen-bond donors (Lipinski definition) is 1. The molecule has 1 fully saturated rings. The summed E-state index contributed by atoms with van der Waals surface area (Å²) in [6.07, 6.45) is 2.87. The van der Waals surface area contributed by atoms with Crippen molar-refractivity contribution in [1.82, 2.24) is 15.1 Å². The molecule has 1 aliphatic rings. The highest BCUT2D eigenvalue weighted by Gasteiger charge is 2.15. The van der Waals surface area contributed by atoms with Crippen molar-refractivity contribution >= 4 is 5.69 Å². The molecule has 2 rings (SSSR count). The summed E-state index contributed by atoms with van der Waals surface area (Å²) in [5, 5.41) is 7.49. The minimum absolute atomic E-state index is 0.0156. The number of nitrogens with one attached hydrogen (secondary N) is 1. The Bertz CT molecular complexity index is 407. The third-order valence-electron chi connectivity index (χ3n) is 2.97. The Balaban J connectivity index is 2.13. The lowest BCUT2D eigenvalue weighted by Gasteiger charge is -2.14. The molecule has 1 atom stereocenters. The molecule has 1 unspecified atom stereocenters. The molecule has 0 aromatic carbocycles. The second-order valence-electron chi connectivity index (χ2n) is 4.49. The summed E-state index contributed by atoms with van der Waals surface area (Å²) in [5.74, 6) is 0.537. The van der Waals surface area contributed by atoms with E-state index in [1.165, 1.54) is 0 Å². The molecule has 0 aliphatic carbocycles. The van der Waals surface area contributed by atoms with Gasteiger partial charge in [0.1, 0.15) is 0 Å². The lowest BCUT2D eigenvalue weighted by atomic mass is 10.1. The molecular weight excluding hydrogens is 204 g/mol. The summed E-state index contributed by atoms with van der Waals surface area (Å²) >= 11 is 0. The zero-order valence-electron chi connectivity index (χ0n) is 9.81. The molecule has 0 bridgehead atoms. The van der Waals surface area contributed by atoms with Crippen LogP contribution in [0.25, 0.3) is 0 Å². The molecule has 5 nitrogen and oxygen atoms in total. The van der Waals surface area contributed by atoms with Gasteiger partial charge < -0.3 is 10.2 Å². The predicted octanol–water partition coefficient (Wildman–Crippen LogP) is -0.0812. The average Bonchev–Trinajstić information content (AvgIpc) is 2.73. The van der Waals surface area contributed by atoms with Crippen LogP contribution in [0.3, 0.4) is 0 Å². The highest BCUT2D eigenvalue weighted by atomic mass is 16.1. The summed E-state index contributed by atoms with van der Waals surface area (Å²) in [7, 11) is 3.81. The van der Waals surface area contributed by atoms with E-state index < -0.39 is 0 Å². The van der Waals surface area contributed by atoms with E-state index in [0.717, 1.165) is 31.7 Å². The first kappa shape index (κ1) is 11.1. The van der Waals surface area contributed by atoms with Gasteiger partial charge in [0.15, 0.2) is 0 Å². The van der Waals surface area contributed by atoms with Crippen molar-refractivity contribution in [3.63, 3.8) is 0 Å². The van der Waals surface area contributed by atoms with Crippen LogP contribution in [0.15, 0.2) is 17.1 Å². The molecule has 16 heavy (non-hydrogen) atoms. The summed E-state index contributed by atoms with van der Waals surface area (Å²) in [4.78, 5) is 13.7. The van der Waals surface area contributed by atoms with Crippen molar-refractivity contribution in [3.05, 3.63) is 22.6 Å². The van der Waals surface area contributed by atoms with E-state index in [-0.39, 0.29) is 5.56 Å². The summed E-state index contributed by atoms with van der Waals surface area (Å²) < 4.78 is 1.56. The molecule has 1 aromatic heterocycles. The van der Waals surface area contributed by atoms with Crippen molar-refractivity contribution in [1.29, 1.82) is 0 Å². The maximum atomic E-state index is 11.8. The van der Waals surface area contributed by atoms with Crippen LogP contribution in [0.1, 0.15) is 6.42 Å². The van der Waals surface area contributed by atoms with E-state index in [2.05, 4.69) is 10.4 Å². The van der Waals surface area contributed by atoms with E-state index in [0.29, 0.717) is 5.92 Å². The van der Waals surface area contributed by atoms with Gasteiger partial charge in [-0.3, -0.25) is 4.79 Å². The van der Waals surface area contributed by atoms with Gasteiger partial charge in [-0.15, -0.1) is 0 Å². The number of rotatable bonds is 3. The molecule has 0 spiro atoms. The number of anilines is 1. The lowest BCUT2D eigenvalue weighted by molar-refractivity contribution is 0.434. The van der Waals surface area contributed by atoms with Crippen LogP contribution in [0.4, 0.5) is 5.69 Å². The van der Waals surface area contributed by atoms with Gasteiger partial charge in [0.25, 0.3) is 5.56 Å². The van der Waals surface area contributed by atoms with E-state index in [1.807, 2.05) is 19.0 Å². The standard InChI is InChI=1S/C11H18N4O/c1-14(2)10-5-11(16)15(13-7-10)8-9-3-4-12-6-9/h5,7,9,12H,3-4,6,8H2,1-2H3.